The molecule has 0 aliphatic heterocycles. The number of hydrogen-bond acceptors (Lipinski definition) is 7. The summed E-state index contributed by atoms with van der Waals surface area (Å²) in [6.45, 7) is 6.96. The van der Waals surface area contributed by atoms with E-state index in [9.17, 15) is 19.2 Å². The first-order valence-electron chi connectivity index (χ1n) is 10.2. The number of hydrazine groups is 1. The maximum atomic E-state index is 12.5. The minimum absolute atomic E-state index is 0.0745. The summed E-state index contributed by atoms with van der Waals surface area (Å²) in [6.07, 6.45) is -0.121. The van der Waals surface area contributed by atoms with Crippen LogP contribution in [-0.4, -0.2) is 49.1 Å². The van der Waals surface area contributed by atoms with Crippen molar-refractivity contribution in [3.8, 4) is 0 Å². The standard InChI is InChI=1S/C21H32N4O6/c1-5-14(3)18(20(28)25-22-12-17(26)30-6-2)24-19(27)15(4)23-21(29)31-13-16-10-8-7-9-11-16/h7-11,14-15,18,22H,5-6,12-13H2,1-4H3,(H,23,29)(H,24,27)(H,25,28)/t14-,15-,18-/m0/s1. The van der Waals surface area contributed by atoms with Crippen molar-refractivity contribution < 1.29 is 28.7 Å². The first-order chi connectivity index (χ1) is 14.8. The van der Waals surface area contributed by atoms with Crippen molar-refractivity contribution in [1.29, 1.82) is 0 Å². The van der Waals surface area contributed by atoms with Gasteiger partial charge >= 0.3 is 12.1 Å². The van der Waals surface area contributed by atoms with Gasteiger partial charge in [0.2, 0.25) is 5.91 Å². The molecule has 31 heavy (non-hydrogen) atoms. The highest BCUT2D eigenvalue weighted by atomic mass is 16.5. The first-order valence-corrected chi connectivity index (χ1v) is 10.2. The van der Waals surface area contributed by atoms with Gasteiger partial charge in [-0.05, 0) is 25.3 Å². The van der Waals surface area contributed by atoms with E-state index in [1.54, 1.807) is 6.92 Å². The summed E-state index contributed by atoms with van der Waals surface area (Å²) in [5.74, 6) is -1.75. The maximum absolute atomic E-state index is 12.5. The van der Waals surface area contributed by atoms with Gasteiger partial charge in [0.05, 0.1) is 6.61 Å². The maximum Gasteiger partial charge on any atom is 0.408 e. The fourth-order valence-electron chi connectivity index (χ4n) is 2.48. The molecule has 0 saturated carbocycles. The third-order valence-electron chi connectivity index (χ3n) is 4.48. The molecule has 0 aliphatic rings. The smallest absolute Gasteiger partial charge is 0.408 e. The topological polar surface area (TPSA) is 135 Å². The second kappa shape index (κ2) is 14.0. The van der Waals surface area contributed by atoms with E-state index in [-0.39, 0.29) is 25.7 Å². The second-order valence-corrected chi connectivity index (χ2v) is 6.95. The molecule has 4 N–H and O–H groups in total. The number of benzene rings is 1. The number of carbonyl (C=O) groups excluding carboxylic acids is 4. The van der Waals surface area contributed by atoms with Gasteiger partial charge < -0.3 is 20.1 Å². The Morgan fingerprint density at radius 1 is 0.935 bits per heavy atom. The van der Waals surface area contributed by atoms with E-state index in [2.05, 4.69) is 21.5 Å². The summed E-state index contributed by atoms with van der Waals surface area (Å²) < 4.78 is 9.86. The van der Waals surface area contributed by atoms with E-state index >= 15 is 0 Å². The van der Waals surface area contributed by atoms with Gasteiger partial charge in [0.15, 0.2) is 0 Å². The quantitative estimate of drug-likeness (QED) is 0.284. The molecule has 0 unspecified atom stereocenters. The van der Waals surface area contributed by atoms with E-state index in [0.29, 0.717) is 6.42 Å². The molecule has 0 fully saturated rings. The predicted octanol–water partition coefficient (Wildman–Crippen LogP) is 1.02. The monoisotopic (exact) mass is 436 g/mol. The predicted molar refractivity (Wildman–Crippen MR) is 113 cm³/mol. The zero-order chi connectivity index (χ0) is 23.2. The normalized spacial score (nSPS) is 13.3. The molecule has 172 valence electrons. The van der Waals surface area contributed by atoms with Gasteiger partial charge in [-0.3, -0.25) is 19.8 Å². The second-order valence-electron chi connectivity index (χ2n) is 6.95. The Morgan fingerprint density at radius 2 is 1.61 bits per heavy atom. The van der Waals surface area contributed by atoms with Crippen LogP contribution < -0.4 is 21.5 Å². The van der Waals surface area contributed by atoms with Crippen LogP contribution >= 0.6 is 0 Å². The molecule has 0 saturated heterocycles. The van der Waals surface area contributed by atoms with E-state index in [0.717, 1.165) is 5.56 Å². The number of hydrogen-bond donors (Lipinski definition) is 4. The van der Waals surface area contributed by atoms with E-state index < -0.39 is 36.0 Å². The van der Waals surface area contributed by atoms with Gasteiger partial charge in [-0.15, -0.1) is 0 Å². The van der Waals surface area contributed by atoms with Gasteiger partial charge in [-0.2, -0.15) is 0 Å². The molecule has 1 rings (SSSR count). The largest absolute Gasteiger partial charge is 0.465 e. The van der Waals surface area contributed by atoms with Crippen LogP contribution in [0.25, 0.3) is 0 Å². The lowest BCUT2D eigenvalue weighted by molar-refractivity contribution is -0.142. The Hall–Kier alpha value is -3.14. The lowest BCUT2D eigenvalue weighted by Crippen LogP contribution is -2.57. The van der Waals surface area contributed by atoms with Crippen molar-refractivity contribution in [3.05, 3.63) is 35.9 Å². The highest BCUT2D eigenvalue weighted by Crippen LogP contribution is 2.08. The van der Waals surface area contributed by atoms with Crippen LogP contribution in [0.15, 0.2) is 30.3 Å². The Morgan fingerprint density at radius 3 is 2.23 bits per heavy atom. The lowest BCUT2D eigenvalue weighted by atomic mass is 9.98. The van der Waals surface area contributed by atoms with Crippen LogP contribution in [0.5, 0.6) is 0 Å². The molecular formula is C21H32N4O6. The van der Waals surface area contributed by atoms with Crippen molar-refractivity contribution >= 4 is 23.9 Å². The molecule has 0 aromatic heterocycles. The number of esters is 1. The molecular weight excluding hydrogens is 404 g/mol. The van der Waals surface area contributed by atoms with Crippen molar-refractivity contribution in [3.63, 3.8) is 0 Å². The number of carbonyl (C=O) groups is 4. The molecule has 0 radical (unpaired) electrons. The molecule has 10 heteroatoms. The van der Waals surface area contributed by atoms with E-state index in [1.807, 2.05) is 44.2 Å². The Kier molecular flexibility index (Phi) is 11.7. The zero-order valence-electron chi connectivity index (χ0n) is 18.4. The summed E-state index contributed by atoms with van der Waals surface area (Å²) in [7, 11) is 0. The van der Waals surface area contributed by atoms with Gasteiger partial charge in [0, 0.05) is 0 Å². The van der Waals surface area contributed by atoms with Crippen LogP contribution in [0, 0.1) is 5.92 Å². The molecule has 0 aliphatic carbocycles. The molecule has 0 bridgehead atoms. The van der Waals surface area contributed by atoms with Gasteiger partial charge in [-0.1, -0.05) is 50.6 Å². The van der Waals surface area contributed by atoms with Gasteiger partial charge in [0.1, 0.15) is 25.2 Å². The molecule has 1 aromatic rings. The number of rotatable bonds is 12. The summed E-state index contributed by atoms with van der Waals surface area (Å²) in [6, 6.07) is 7.35. The Labute approximate surface area is 182 Å². The van der Waals surface area contributed by atoms with Crippen LogP contribution in [-0.2, 0) is 30.5 Å². The summed E-state index contributed by atoms with van der Waals surface area (Å²) in [5.41, 5.74) is 5.69. The third-order valence-corrected chi connectivity index (χ3v) is 4.48. The fraction of sp³-hybridized carbons (Fsp3) is 0.524. The Bertz CT molecular complexity index is 728. The van der Waals surface area contributed by atoms with Crippen LogP contribution in [0.2, 0.25) is 0 Å². The van der Waals surface area contributed by atoms with Crippen molar-refractivity contribution in [1.82, 2.24) is 21.5 Å². The summed E-state index contributed by atoms with van der Waals surface area (Å²) in [4.78, 5) is 48.3. The minimum Gasteiger partial charge on any atom is -0.465 e. The van der Waals surface area contributed by atoms with Crippen molar-refractivity contribution in [2.75, 3.05) is 13.2 Å². The van der Waals surface area contributed by atoms with Crippen LogP contribution in [0.3, 0.4) is 0 Å². The zero-order valence-corrected chi connectivity index (χ0v) is 18.4. The molecule has 0 heterocycles. The first kappa shape index (κ1) is 25.9. The van der Waals surface area contributed by atoms with Crippen LogP contribution in [0.1, 0.15) is 39.7 Å². The molecule has 1 aromatic carbocycles. The van der Waals surface area contributed by atoms with Crippen LogP contribution in [0.4, 0.5) is 4.79 Å². The van der Waals surface area contributed by atoms with Gasteiger partial charge in [0.25, 0.3) is 5.91 Å². The van der Waals surface area contributed by atoms with E-state index in [4.69, 9.17) is 9.47 Å². The fourth-order valence-corrected chi connectivity index (χ4v) is 2.48. The number of ether oxygens (including phenoxy) is 2. The average molecular weight is 437 g/mol. The third kappa shape index (κ3) is 9.94. The highest BCUT2D eigenvalue weighted by molar-refractivity contribution is 5.91. The lowest BCUT2D eigenvalue weighted by Gasteiger charge is -2.25. The van der Waals surface area contributed by atoms with Crippen molar-refractivity contribution in [2.45, 2.75) is 52.8 Å². The molecule has 0 spiro atoms. The summed E-state index contributed by atoms with van der Waals surface area (Å²) >= 11 is 0. The highest BCUT2D eigenvalue weighted by Gasteiger charge is 2.28. The minimum atomic E-state index is -0.921. The molecule has 3 amide bonds. The number of alkyl carbamates (subject to hydrolysis) is 1. The molecule has 10 nitrogen and oxygen atoms in total. The SMILES string of the molecule is CCOC(=O)CNNC(=O)[C@@H](NC(=O)[C@H](C)NC(=O)OCc1ccccc1)[C@@H](C)CC. The molecule has 3 atom stereocenters. The summed E-state index contributed by atoms with van der Waals surface area (Å²) in [5, 5.41) is 5.07. The van der Waals surface area contributed by atoms with E-state index in [1.165, 1.54) is 6.92 Å². The van der Waals surface area contributed by atoms with Crippen molar-refractivity contribution in [2.24, 2.45) is 5.92 Å². The average Bonchev–Trinajstić information content (AvgIpc) is 2.76. The Balaban J connectivity index is 2.53. The number of amides is 3. The van der Waals surface area contributed by atoms with Gasteiger partial charge in [-0.25, -0.2) is 10.2 Å². The number of nitrogens with one attached hydrogen (secondary N) is 4.